The zero-order chi connectivity index (χ0) is 27.3. The maximum atomic E-state index is 13.6. The van der Waals surface area contributed by atoms with Crippen LogP contribution in [0.3, 0.4) is 0 Å². The van der Waals surface area contributed by atoms with E-state index in [0.717, 1.165) is 43.4 Å². The minimum Gasteiger partial charge on any atom is -0.446 e. The van der Waals surface area contributed by atoms with E-state index in [-0.39, 0.29) is 31.6 Å². The summed E-state index contributed by atoms with van der Waals surface area (Å²) >= 11 is 0. The molecule has 1 saturated heterocycles. The Morgan fingerprint density at radius 1 is 1.08 bits per heavy atom. The Bertz CT molecular complexity index is 1130. The Balaban J connectivity index is 1.48. The van der Waals surface area contributed by atoms with Crippen LogP contribution in [0.4, 0.5) is 15.3 Å². The average molecular weight is 526 g/mol. The van der Waals surface area contributed by atoms with Crippen LogP contribution in [0.25, 0.3) is 0 Å². The van der Waals surface area contributed by atoms with E-state index in [4.69, 9.17) is 9.47 Å². The maximum Gasteiger partial charge on any atom is 0.410 e. The van der Waals surface area contributed by atoms with Gasteiger partial charge in [0.15, 0.2) is 0 Å². The fourth-order valence-corrected chi connectivity index (χ4v) is 4.83. The van der Waals surface area contributed by atoms with Gasteiger partial charge < -0.3 is 24.3 Å². The molecule has 38 heavy (non-hydrogen) atoms. The largest absolute Gasteiger partial charge is 0.446 e. The van der Waals surface area contributed by atoms with Crippen molar-refractivity contribution in [3.05, 3.63) is 48.0 Å². The van der Waals surface area contributed by atoms with Crippen molar-refractivity contribution >= 4 is 23.8 Å². The van der Waals surface area contributed by atoms with Gasteiger partial charge in [0, 0.05) is 37.2 Å². The van der Waals surface area contributed by atoms with E-state index >= 15 is 0 Å². The van der Waals surface area contributed by atoms with Crippen LogP contribution in [0.2, 0.25) is 0 Å². The minimum absolute atomic E-state index is 0.0223. The lowest BCUT2D eigenvalue weighted by atomic mass is 9.98. The molecule has 10 heteroatoms. The van der Waals surface area contributed by atoms with Crippen LogP contribution in [-0.4, -0.2) is 74.8 Å². The topological polar surface area (TPSA) is 106 Å². The number of nitrogens with zero attached hydrogens (tertiary/aromatic N) is 4. The van der Waals surface area contributed by atoms with Crippen LogP contribution in [-0.2, 0) is 20.8 Å². The summed E-state index contributed by atoms with van der Waals surface area (Å²) in [4.78, 5) is 46.6. The lowest BCUT2D eigenvalue weighted by Gasteiger charge is -2.40. The molecule has 2 fully saturated rings. The third-order valence-electron chi connectivity index (χ3n) is 6.86. The summed E-state index contributed by atoms with van der Waals surface area (Å²) in [6.07, 6.45) is 7.30. The molecule has 0 radical (unpaired) electrons. The predicted octanol–water partition coefficient (Wildman–Crippen LogP) is 4.57. The van der Waals surface area contributed by atoms with Gasteiger partial charge in [0.2, 0.25) is 5.91 Å². The summed E-state index contributed by atoms with van der Waals surface area (Å²) in [5, 5.41) is 2.95. The second-order valence-electron chi connectivity index (χ2n) is 11.1. The van der Waals surface area contributed by atoms with Gasteiger partial charge in [-0.05, 0) is 71.1 Å². The Hall–Kier alpha value is -3.56. The Kier molecular flexibility index (Phi) is 8.58. The van der Waals surface area contributed by atoms with Crippen molar-refractivity contribution in [2.75, 3.05) is 25.0 Å². The van der Waals surface area contributed by atoms with E-state index in [0.29, 0.717) is 12.2 Å². The number of aryl methyl sites for hydroxylation is 1. The van der Waals surface area contributed by atoms with Crippen molar-refractivity contribution in [3.8, 4) is 0 Å². The van der Waals surface area contributed by atoms with Crippen LogP contribution >= 0.6 is 0 Å². The summed E-state index contributed by atoms with van der Waals surface area (Å²) < 4.78 is 13.3. The fraction of sp³-hybridized carbons (Fsp3) is 0.571. The molecule has 1 aliphatic heterocycles. The molecule has 1 aliphatic carbocycles. The van der Waals surface area contributed by atoms with Crippen LogP contribution in [0.5, 0.6) is 0 Å². The molecule has 1 N–H and O–H groups in total. The van der Waals surface area contributed by atoms with Gasteiger partial charge in [-0.25, -0.2) is 14.6 Å². The van der Waals surface area contributed by atoms with Crippen LogP contribution < -0.4 is 5.32 Å². The van der Waals surface area contributed by atoms with Crippen molar-refractivity contribution in [2.24, 2.45) is 0 Å². The number of benzene rings is 1. The summed E-state index contributed by atoms with van der Waals surface area (Å²) in [6.45, 7) is 8.46. The monoisotopic (exact) mass is 525 g/mol. The van der Waals surface area contributed by atoms with E-state index < -0.39 is 23.8 Å². The number of carbonyl (C=O) groups is 3. The predicted molar refractivity (Wildman–Crippen MR) is 143 cm³/mol. The summed E-state index contributed by atoms with van der Waals surface area (Å²) in [5.41, 5.74) is 1.98. The highest BCUT2D eigenvalue weighted by Gasteiger charge is 2.40. The highest BCUT2D eigenvalue weighted by Crippen LogP contribution is 2.23. The Morgan fingerprint density at radius 3 is 2.53 bits per heavy atom. The van der Waals surface area contributed by atoms with Gasteiger partial charge in [-0.3, -0.25) is 9.69 Å². The number of ether oxygens (including phenoxy) is 2. The number of carbonyl (C=O) groups excluding carboxylic acids is 3. The van der Waals surface area contributed by atoms with E-state index in [1.807, 2.05) is 29.7 Å². The quantitative estimate of drug-likeness (QED) is 0.613. The second kappa shape index (κ2) is 11.9. The molecule has 206 valence electrons. The number of amides is 3. The van der Waals surface area contributed by atoms with Gasteiger partial charge in [0.25, 0.3) is 0 Å². The zero-order valence-corrected chi connectivity index (χ0v) is 22.8. The number of anilines is 1. The van der Waals surface area contributed by atoms with Crippen molar-refractivity contribution in [1.29, 1.82) is 0 Å². The van der Waals surface area contributed by atoms with E-state index in [1.165, 1.54) is 9.80 Å². The second-order valence-corrected chi connectivity index (χ2v) is 11.1. The fourth-order valence-electron chi connectivity index (χ4n) is 4.83. The highest BCUT2D eigenvalue weighted by atomic mass is 16.6. The lowest BCUT2D eigenvalue weighted by Crippen LogP contribution is -2.61. The maximum absolute atomic E-state index is 13.6. The molecule has 2 heterocycles. The third-order valence-corrected chi connectivity index (χ3v) is 6.86. The molecule has 2 aliphatic rings. The van der Waals surface area contributed by atoms with Gasteiger partial charge in [-0.15, -0.1) is 0 Å². The molecule has 4 rings (SSSR count). The summed E-state index contributed by atoms with van der Waals surface area (Å²) in [6, 6.07) is 6.65. The van der Waals surface area contributed by atoms with Crippen LogP contribution in [0, 0.1) is 6.92 Å². The van der Waals surface area contributed by atoms with Crippen LogP contribution in [0.15, 0.2) is 36.8 Å². The summed E-state index contributed by atoms with van der Waals surface area (Å²) in [7, 11) is 0. The molecular formula is C28H39N5O5. The van der Waals surface area contributed by atoms with Gasteiger partial charge in [0.05, 0.1) is 12.9 Å². The molecule has 0 spiro atoms. The molecule has 1 atom stereocenters. The standard InChI is InChI=1S/C28H39N5O5/c1-20-16-29-19-32(20)17-21-9-8-10-22(15-21)30-25(34)24-18-31(26(35)38-28(2,3)4)13-14-33(24)27(36)37-23-11-6-5-7-12-23/h8-10,15-16,19,23-24H,5-7,11-14,17-18H2,1-4H3,(H,30,34). The van der Waals surface area contributed by atoms with Gasteiger partial charge in [0.1, 0.15) is 17.7 Å². The van der Waals surface area contributed by atoms with Gasteiger partial charge >= 0.3 is 12.2 Å². The van der Waals surface area contributed by atoms with Crippen molar-refractivity contribution < 1.29 is 23.9 Å². The summed E-state index contributed by atoms with van der Waals surface area (Å²) in [5.74, 6) is -0.380. The number of piperazine rings is 1. The Morgan fingerprint density at radius 2 is 1.84 bits per heavy atom. The molecule has 2 aromatic rings. The first-order valence-electron chi connectivity index (χ1n) is 13.4. The molecular weight excluding hydrogens is 486 g/mol. The Labute approximate surface area is 224 Å². The number of aromatic nitrogens is 2. The number of nitrogens with one attached hydrogen (secondary N) is 1. The van der Waals surface area contributed by atoms with E-state index in [2.05, 4.69) is 10.3 Å². The number of rotatable bonds is 5. The molecule has 3 amide bonds. The van der Waals surface area contributed by atoms with Crippen molar-refractivity contribution in [2.45, 2.75) is 84.1 Å². The number of hydrogen-bond donors (Lipinski definition) is 1. The highest BCUT2D eigenvalue weighted by molar-refractivity contribution is 5.97. The molecule has 0 bridgehead atoms. The first-order valence-corrected chi connectivity index (χ1v) is 13.4. The normalized spacial score (nSPS) is 18.7. The minimum atomic E-state index is -0.910. The number of imidazole rings is 1. The molecule has 1 unspecified atom stereocenters. The van der Waals surface area contributed by atoms with Crippen molar-refractivity contribution in [1.82, 2.24) is 19.4 Å². The lowest BCUT2D eigenvalue weighted by molar-refractivity contribution is -0.123. The first kappa shape index (κ1) is 27.5. The molecule has 1 aromatic carbocycles. The average Bonchev–Trinajstić information content (AvgIpc) is 3.27. The van der Waals surface area contributed by atoms with E-state index in [9.17, 15) is 14.4 Å². The first-order chi connectivity index (χ1) is 18.1. The molecule has 1 saturated carbocycles. The van der Waals surface area contributed by atoms with Crippen molar-refractivity contribution in [3.63, 3.8) is 0 Å². The SMILES string of the molecule is Cc1cncn1Cc1cccc(NC(=O)C2CN(C(=O)OC(C)(C)C)CCN2C(=O)OC2CCCCC2)c1. The van der Waals surface area contributed by atoms with Crippen LogP contribution in [0.1, 0.15) is 64.1 Å². The number of hydrogen-bond acceptors (Lipinski definition) is 6. The molecule has 1 aromatic heterocycles. The smallest absolute Gasteiger partial charge is 0.410 e. The third kappa shape index (κ3) is 7.26. The zero-order valence-electron chi connectivity index (χ0n) is 22.8. The molecule has 10 nitrogen and oxygen atoms in total. The van der Waals surface area contributed by atoms with Gasteiger partial charge in [-0.1, -0.05) is 18.6 Å². The van der Waals surface area contributed by atoms with Gasteiger partial charge in [-0.2, -0.15) is 0 Å². The van der Waals surface area contributed by atoms with E-state index in [1.54, 1.807) is 39.4 Å².